The molecule has 3 atom stereocenters. The highest BCUT2D eigenvalue weighted by atomic mass is 16.6. The molecular formula is C24H42O3. The number of esters is 1. The number of rotatable bonds is 17. The van der Waals surface area contributed by atoms with Crippen LogP contribution in [-0.4, -0.2) is 23.3 Å². The second-order valence-electron chi connectivity index (χ2n) is 7.90. The van der Waals surface area contributed by atoms with E-state index < -0.39 is 0 Å². The maximum Gasteiger partial charge on any atom is 0.313 e. The molecule has 0 unspecified atom stereocenters. The first-order chi connectivity index (χ1) is 13.2. The van der Waals surface area contributed by atoms with Crippen LogP contribution < -0.4 is 0 Å². The summed E-state index contributed by atoms with van der Waals surface area (Å²) in [7, 11) is 0. The predicted molar refractivity (Wildman–Crippen MR) is 114 cm³/mol. The Morgan fingerprint density at radius 3 is 2.19 bits per heavy atom. The van der Waals surface area contributed by atoms with Gasteiger partial charge in [-0.15, -0.1) is 0 Å². The average Bonchev–Trinajstić information content (AvgIpc) is 2.64. The molecule has 0 aromatic rings. The van der Waals surface area contributed by atoms with Gasteiger partial charge in [-0.2, -0.15) is 0 Å². The molecule has 3 nitrogen and oxygen atoms in total. The van der Waals surface area contributed by atoms with Gasteiger partial charge >= 0.3 is 5.97 Å². The predicted octanol–water partition coefficient (Wildman–Crippen LogP) is 6.50. The van der Waals surface area contributed by atoms with Crippen LogP contribution in [0.15, 0.2) is 24.3 Å². The summed E-state index contributed by atoms with van der Waals surface area (Å²) in [5.74, 6) is -0.0731. The zero-order valence-corrected chi connectivity index (χ0v) is 17.7. The summed E-state index contributed by atoms with van der Waals surface area (Å²) in [4.78, 5) is 11.2. The molecule has 1 saturated heterocycles. The fourth-order valence-corrected chi connectivity index (χ4v) is 3.62. The first-order valence-corrected chi connectivity index (χ1v) is 11.4. The van der Waals surface area contributed by atoms with E-state index in [1.54, 1.807) is 0 Å². The van der Waals surface area contributed by atoms with Crippen molar-refractivity contribution in [1.29, 1.82) is 0 Å². The smallest absolute Gasteiger partial charge is 0.313 e. The summed E-state index contributed by atoms with van der Waals surface area (Å²) in [5, 5.41) is 10.1. The van der Waals surface area contributed by atoms with E-state index in [0.717, 1.165) is 25.7 Å². The lowest BCUT2D eigenvalue weighted by Gasteiger charge is -2.35. The highest BCUT2D eigenvalue weighted by molar-refractivity contribution is 5.78. The maximum atomic E-state index is 11.2. The summed E-state index contributed by atoms with van der Waals surface area (Å²) in [6.45, 7) is 4.25. The molecule has 0 aromatic heterocycles. The van der Waals surface area contributed by atoms with Gasteiger partial charge in [0.2, 0.25) is 0 Å². The Bertz CT molecular complexity index is 427. The van der Waals surface area contributed by atoms with Crippen LogP contribution in [0.3, 0.4) is 0 Å². The summed E-state index contributed by atoms with van der Waals surface area (Å²) in [5.41, 5.74) is 0. The Balaban J connectivity index is 1.86. The van der Waals surface area contributed by atoms with Gasteiger partial charge in [-0.25, -0.2) is 0 Å². The lowest BCUT2D eigenvalue weighted by molar-refractivity contribution is -0.188. The molecule has 0 radical (unpaired) electrons. The number of aliphatic hydroxyl groups is 1. The largest absolute Gasteiger partial charge is 0.461 e. The van der Waals surface area contributed by atoms with Crippen LogP contribution >= 0.6 is 0 Å². The topological polar surface area (TPSA) is 46.5 Å². The van der Waals surface area contributed by atoms with E-state index in [4.69, 9.17) is 4.74 Å². The molecule has 0 aromatic carbocycles. The van der Waals surface area contributed by atoms with Gasteiger partial charge in [-0.3, -0.25) is 4.79 Å². The molecule has 27 heavy (non-hydrogen) atoms. The summed E-state index contributed by atoms with van der Waals surface area (Å²) in [6.07, 6.45) is 24.5. The molecule has 0 amide bonds. The number of carbonyl (C=O) groups excluding carboxylic acids is 1. The van der Waals surface area contributed by atoms with Crippen molar-refractivity contribution in [3.63, 3.8) is 0 Å². The van der Waals surface area contributed by atoms with Crippen LogP contribution in [0.4, 0.5) is 0 Å². The van der Waals surface area contributed by atoms with Crippen molar-refractivity contribution in [2.24, 2.45) is 5.92 Å². The number of hydrogen-bond acceptors (Lipinski definition) is 3. The van der Waals surface area contributed by atoms with Crippen molar-refractivity contribution in [1.82, 2.24) is 0 Å². The van der Waals surface area contributed by atoms with Crippen LogP contribution in [0.25, 0.3) is 0 Å². The van der Waals surface area contributed by atoms with Crippen LogP contribution in [0.2, 0.25) is 0 Å². The number of cyclic esters (lactones) is 1. The number of hydrogen-bond donors (Lipinski definition) is 1. The number of allylic oxidation sites excluding steroid dienone is 4. The Morgan fingerprint density at radius 1 is 0.926 bits per heavy atom. The molecule has 156 valence electrons. The van der Waals surface area contributed by atoms with Crippen molar-refractivity contribution in [2.45, 2.75) is 116 Å². The van der Waals surface area contributed by atoms with E-state index in [1.807, 2.05) is 6.92 Å². The second kappa shape index (κ2) is 15.9. The summed E-state index contributed by atoms with van der Waals surface area (Å²) in [6, 6.07) is 0. The molecule has 1 N–H and O–H groups in total. The fraction of sp³-hybridized carbons (Fsp3) is 0.792. The SMILES string of the molecule is CCCCC/C=C\C/C=C\CCCCCCC[C@@H](O)C[C@@H]1OC(=O)[C@H]1CC. The number of aliphatic hydroxyl groups excluding tert-OH is 1. The molecule has 1 aliphatic rings. The highest BCUT2D eigenvalue weighted by Crippen LogP contribution is 2.29. The number of carbonyl (C=O) groups is 1. The zero-order chi connectivity index (χ0) is 19.7. The quantitative estimate of drug-likeness (QED) is 0.178. The van der Waals surface area contributed by atoms with Crippen molar-refractivity contribution >= 4 is 5.97 Å². The van der Waals surface area contributed by atoms with Gasteiger partial charge in [-0.05, 0) is 44.9 Å². The Kier molecular flexibility index (Phi) is 14.1. The highest BCUT2D eigenvalue weighted by Gasteiger charge is 2.41. The van der Waals surface area contributed by atoms with Crippen molar-refractivity contribution in [3.8, 4) is 0 Å². The van der Waals surface area contributed by atoms with Crippen molar-refractivity contribution in [2.75, 3.05) is 0 Å². The van der Waals surface area contributed by atoms with Gasteiger partial charge in [-0.1, -0.05) is 76.7 Å². The lowest BCUT2D eigenvalue weighted by atomic mass is 9.89. The van der Waals surface area contributed by atoms with E-state index in [9.17, 15) is 9.90 Å². The van der Waals surface area contributed by atoms with E-state index >= 15 is 0 Å². The molecule has 3 heteroatoms. The standard InChI is InChI=1S/C24H42O3/c1-3-5-6-7-8-9-10-11-12-13-14-15-16-17-18-19-21(25)20-23-22(4-2)24(26)27-23/h8-9,11-12,21-23,25H,3-7,10,13-20H2,1-2H3/b9-8-,12-11-/t21-,22+,23+/m1/s1. The molecule has 0 spiro atoms. The minimum atomic E-state index is -0.324. The Hall–Kier alpha value is -1.09. The third-order valence-electron chi connectivity index (χ3n) is 5.45. The molecule has 0 bridgehead atoms. The molecular weight excluding hydrogens is 336 g/mol. The molecule has 1 aliphatic heterocycles. The normalized spacial score (nSPS) is 20.9. The molecule has 1 fully saturated rings. The van der Waals surface area contributed by atoms with Gasteiger partial charge in [0.05, 0.1) is 12.0 Å². The lowest BCUT2D eigenvalue weighted by Crippen LogP contribution is -2.46. The molecule has 0 saturated carbocycles. The van der Waals surface area contributed by atoms with Gasteiger partial charge < -0.3 is 9.84 Å². The van der Waals surface area contributed by atoms with Crippen LogP contribution in [0.1, 0.15) is 104 Å². The minimum Gasteiger partial charge on any atom is -0.461 e. The van der Waals surface area contributed by atoms with Crippen molar-refractivity contribution in [3.05, 3.63) is 24.3 Å². The van der Waals surface area contributed by atoms with Gasteiger partial charge in [0.1, 0.15) is 6.10 Å². The van der Waals surface area contributed by atoms with E-state index in [2.05, 4.69) is 31.2 Å². The van der Waals surface area contributed by atoms with Crippen molar-refractivity contribution < 1.29 is 14.6 Å². The maximum absolute atomic E-state index is 11.2. The number of unbranched alkanes of at least 4 members (excludes halogenated alkanes) is 8. The Labute approximate surface area is 167 Å². The van der Waals surface area contributed by atoms with Crippen LogP contribution in [0.5, 0.6) is 0 Å². The van der Waals surface area contributed by atoms with E-state index in [0.29, 0.717) is 6.42 Å². The van der Waals surface area contributed by atoms with Crippen LogP contribution in [-0.2, 0) is 9.53 Å². The van der Waals surface area contributed by atoms with E-state index in [1.165, 1.54) is 57.8 Å². The molecule has 1 rings (SSSR count). The Morgan fingerprint density at radius 2 is 1.56 bits per heavy atom. The van der Waals surface area contributed by atoms with Gasteiger partial charge in [0.25, 0.3) is 0 Å². The molecule has 1 heterocycles. The van der Waals surface area contributed by atoms with Gasteiger partial charge in [0.15, 0.2) is 0 Å². The third-order valence-corrected chi connectivity index (χ3v) is 5.45. The number of ether oxygens (including phenoxy) is 1. The van der Waals surface area contributed by atoms with E-state index in [-0.39, 0.29) is 24.1 Å². The van der Waals surface area contributed by atoms with Crippen LogP contribution in [0, 0.1) is 5.92 Å². The summed E-state index contributed by atoms with van der Waals surface area (Å²) >= 11 is 0. The third kappa shape index (κ3) is 11.4. The fourth-order valence-electron chi connectivity index (χ4n) is 3.62. The first kappa shape index (κ1) is 23.9. The first-order valence-electron chi connectivity index (χ1n) is 11.4. The van der Waals surface area contributed by atoms with Gasteiger partial charge in [0, 0.05) is 6.42 Å². The monoisotopic (exact) mass is 378 g/mol. The summed E-state index contributed by atoms with van der Waals surface area (Å²) < 4.78 is 5.13. The molecule has 0 aliphatic carbocycles. The second-order valence-corrected chi connectivity index (χ2v) is 7.90. The minimum absolute atomic E-state index is 0.0178. The zero-order valence-electron chi connectivity index (χ0n) is 17.7. The average molecular weight is 379 g/mol.